The maximum Gasteiger partial charge on any atom is 0.293 e. The van der Waals surface area contributed by atoms with E-state index in [2.05, 4.69) is 20.3 Å². The van der Waals surface area contributed by atoms with Gasteiger partial charge in [0.25, 0.3) is 5.56 Å². The van der Waals surface area contributed by atoms with Gasteiger partial charge in [0.1, 0.15) is 17.6 Å². The van der Waals surface area contributed by atoms with Gasteiger partial charge < -0.3 is 14.8 Å². The summed E-state index contributed by atoms with van der Waals surface area (Å²) in [6, 6.07) is 8.94. The summed E-state index contributed by atoms with van der Waals surface area (Å²) >= 11 is 0. The van der Waals surface area contributed by atoms with Crippen molar-refractivity contribution in [3.05, 3.63) is 52.4 Å². The first-order valence-corrected chi connectivity index (χ1v) is 9.19. The Kier molecular flexibility index (Phi) is 4.72. The number of carbonyl (C=O) groups is 1. The largest absolute Gasteiger partial charge is 0.340 e. The van der Waals surface area contributed by atoms with E-state index in [1.54, 1.807) is 30.5 Å². The molecule has 1 saturated heterocycles. The summed E-state index contributed by atoms with van der Waals surface area (Å²) in [5.74, 6) is 0.648. The second-order valence-electron chi connectivity index (χ2n) is 6.52. The Balaban J connectivity index is 1.73. The van der Waals surface area contributed by atoms with Crippen LogP contribution in [0.25, 0.3) is 11.0 Å². The van der Waals surface area contributed by atoms with Crippen LogP contribution in [0.5, 0.6) is 0 Å². The van der Waals surface area contributed by atoms with Crippen LogP contribution in [-0.2, 0) is 13.1 Å². The zero-order chi connectivity index (χ0) is 18.8. The van der Waals surface area contributed by atoms with E-state index < -0.39 is 0 Å². The zero-order valence-corrected chi connectivity index (χ0v) is 15.3. The fourth-order valence-electron chi connectivity index (χ4n) is 3.44. The molecule has 8 nitrogen and oxygen atoms in total. The highest BCUT2D eigenvalue weighted by atomic mass is 16.1. The molecule has 1 aliphatic heterocycles. The van der Waals surface area contributed by atoms with Gasteiger partial charge in [-0.1, -0.05) is 30.3 Å². The molecule has 0 bridgehead atoms. The second-order valence-corrected chi connectivity index (χ2v) is 6.52. The van der Waals surface area contributed by atoms with Crippen molar-refractivity contribution in [2.75, 3.05) is 31.1 Å². The molecule has 1 N–H and O–H groups in total. The minimum atomic E-state index is -0.285. The average Bonchev–Trinajstić information content (AvgIpc) is 3.11. The van der Waals surface area contributed by atoms with Gasteiger partial charge in [0.15, 0.2) is 5.78 Å². The molecule has 27 heavy (non-hydrogen) atoms. The molecule has 0 radical (unpaired) electrons. The van der Waals surface area contributed by atoms with Crippen LogP contribution in [0.15, 0.2) is 41.3 Å². The summed E-state index contributed by atoms with van der Waals surface area (Å²) in [6.07, 6.45) is 1.58. The minimum Gasteiger partial charge on any atom is -0.340 e. The molecule has 3 aromatic rings. The molecule has 4 rings (SSSR count). The molecule has 2 aromatic heterocycles. The Morgan fingerprint density at radius 3 is 2.63 bits per heavy atom. The molecule has 0 amide bonds. The standard InChI is InChI=1S/C19H22N6O2/c1-2-24-17-15(22-19(24)23-10-8-20-9-11-23)12-21-25(18(17)27)13-16(26)14-6-4-3-5-7-14/h3-7,12,20H,2,8-11,13H2,1H3. The number of aryl methyl sites for hydroxylation is 1. The number of ketones is 1. The van der Waals surface area contributed by atoms with Crippen molar-refractivity contribution in [3.63, 3.8) is 0 Å². The number of hydrogen-bond donors (Lipinski definition) is 1. The summed E-state index contributed by atoms with van der Waals surface area (Å²) in [4.78, 5) is 32.3. The summed E-state index contributed by atoms with van der Waals surface area (Å²) in [6.45, 7) is 6.00. The minimum absolute atomic E-state index is 0.0867. The van der Waals surface area contributed by atoms with E-state index >= 15 is 0 Å². The number of rotatable bonds is 5. The normalized spacial score (nSPS) is 14.6. The second kappa shape index (κ2) is 7.32. The Labute approximate surface area is 156 Å². The van der Waals surface area contributed by atoms with Gasteiger partial charge in [-0.2, -0.15) is 5.10 Å². The van der Waals surface area contributed by atoms with Crippen LogP contribution in [0.1, 0.15) is 17.3 Å². The third kappa shape index (κ3) is 3.23. The highest BCUT2D eigenvalue weighted by Gasteiger charge is 2.21. The average molecular weight is 366 g/mol. The van der Waals surface area contributed by atoms with Gasteiger partial charge in [0.2, 0.25) is 5.95 Å². The van der Waals surface area contributed by atoms with E-state index in [9.17, 15) is 9.59 Å². The van der Waals surface area contributed by atoms with Crippen molar-refractivity contribution >= 4 is 22.8 Å². The van der Waals surface area contributed by atoms with E-state index in [1.165, 1.54) is 4.68 Å². The van der Waals surface area contributed by atoms with E-state index in [1.807, 2.05) is 17.6 Å². The molecule has 0 unspecified atom stereocenters. The van der Waals surface area contributed by atoms with Gasteiger partial charge in [0, 0.05) is 38.3 Å². The van der Waals surface area contributed by atoms with Crippen LogP contribution < -0.4 is 15.8 Å². The molecule has 0 spiro atoms. The van der Waals surface area contributed by atoms with Crippen LogP contribution in [-0.4, -0.2) is 51.3 Å². The van der Waals surface area contributed by atoms with Gasteiger partial charge in [0.05, 0.1) is 6.20 Å². The van der Waals surface area contributed by atoms with Gasteiger partial charge in [-0.05, 0) is 6.92 Å². The van der Waals surface area contributed by atoms with E-state index in [0.717, 1.165) is 32.1 Å². The fourth-order valence-corrected chi connectivity index (χ4v) is 3.44. The van der Waals surface area contributed by atoms with Crippen molar-refractivity contribution in [2.24, 2.45) is 0 Å². The molecule has 0 aliphatic carbocycles. The smallest absolute Gasteiger partial charge is 0.293 e. The number of fused-ring (bicyclic) bond motifs is 1. The predicted octanol–water partition coefficient (Wildman–Crippen LogP) is 0.905. The van der Waals surface area contributed by atoms with Crippen LogP contribution in [0.4, 0.5) is 5.95 Å². The molecular formula is C19H22N6O2. The third-order valence-corrected chi connectivity index (χ3v) is 4.84. The van der Waals surface area contributed by atoms with Crippen molar-refractivity contribution in [3.8, 4) is 0 Å². The third-order valence-electron chi connectivity index (χ3n) is 4.84. The van der Waals surface area contributed by atoms with Crippen molar-refractivity contribution < 1.29 is 4.79 Å². The van der Waals surface area contributed by atoms with Crippen LogP contribution in [0.3, 0.4) is 0 Å². The Morgan fingerprint density at radius 1 is 1.19 bits per heavy atom. The highest BCUT2D eigenvalue weighted by molar-refractivity contribution is 5.95. The number of carbonyl (C=O) groups excluding carboxylic acids is 1. The zero-order valence-electron chi connectivity index (χ0n) is 15.3. The molecule has 1 aliphatic rings. The Morgan fingerprint density at radius 2 is 1.93 bits per heavy atom. The first-order valence-electron chi connectivity index (χ1n) is 9.19. The van der Waals surface area contributed by atoms with Gasteiger partial charge >= 0.3 is 0 Å². The fraction of sp³-hybridized carbons (Fsp3) is 0.368. The summed E-state index contributed by atoms with van der Waals surface area (Å²) in [5, 5.41) is 7.50. The van der Waals surface area contributed by atoms with Gasteiger partial charge in [-0.25, -0.2) is 9.67 Å². The van der Waals surface area contributed by atoms with E-state index in [-0.39, 0.29) is 17.9 Å². The lowest BCUT2D eigenvalue weighted by atomic mass is 10.1. The number of nitrogens with one attached hydrogen (secondary N) is 1. The molecule has 8 heteroatoms. The molecule has 1 fully saturated rings. The first-order chi connectivity index (χ1) is 13.2. The van der Waals surface area contributed by atoms with Crippen molar-refractivity contribution in [2.45, 2.75) is 20.0 Å². The van der Waals surface area contributed by atoms with Crippen LogP contribution in [0.2, 0.25) is 0 Å². The maximum atomic E-state index is 13.0. The maximum absolute atomic E-state index is 13.0. The molecule has 3 heterocycles. The Hall–Kier alpha value is -3.00. The van der Waals surface area contributed by atoms with E-state index in [0.29, 0.717) is 23.1 Å². The molecular weight excluding hydrogens is 344 g/mol. The number of piperazine rings is 1. The quantitative estimate of drug-likeness (QED) is 0.676. The molecule has 0 saturated carbocycles. The number of anilines is 1. The first kappa shape index (κ1) is 17.4. The molecule has 0 atom stereocenters. The molecule has 140 valence electrons. The SMILES string of the molecule is CCn1c(N2CCNCC2)nc2cnn(CC(=O)c3ccccc3)c(=O)c21. The predicted molar refractivity (Wildman–Crippen MR) is 103 cm³/mol. The highest BCUT2D eigenvalue weighted by Crippen LogP contribution is 2.20. The van der Waals surface area contributed by atoms with Gasteiger partial charge in [-0.15, -0.1) is 0 Å². The van der Waals surface area contributed by atoms with Crippen LogP contribution in [0, 0.1) is 0 Å². The summed E-state index contributed by atoms with van der Waals surface area (Å²) < 4.78 is 3.15. The number of Topliss-reactive ketones (excluding diaryl/α,β-unsaturated/α-hetero) is 1. The van der Waals surface area contributed by atoms with E-state index in [4.69, 9.17) is 0 Å². The van der Waals surface area contributed by atoms with Gasteiger partial charge in [-0.3, -0.25) is 9.59 Å². The number of hydrogen-bond acceptors (Lipinski definition) is 6. The van der Waals surface area contributed by atoms with Crippen molar-refractivity contribution in [1.29, 1.82) is 0 Å². The number of aromatic nitrogens is 4. The monoisotopic (exact) mass is 366 g/mol. The van der Waals surface area contributed by atoms with Crippen molar-refractivity contribution in [1.82, 2.24) is 24.6 Å². The molecule has 1 aromatic carbocycles. The summed E-state index contributed by atoms with van der Waals surface area (Å²) in [5.41, 5.74) is 1.35. The topological polar surface area (TPSA) is 85.1 Å². The number of benzene rings is 1. The lowest BCUT2D eigenvalue weighted by molar-refractivity contribution is 0.0966. The lowest BCUT2D eigenvalue weighted by Crippen LogP contribution is -2.44. The Bertz CT molecular complexity index is 1020. The van der Waals surface area contributed by atoms with Crippen LogP contribution >= 0.6 is 0 Å². The number of nitrogens with zero attached hydrogens (tertiary/aromatic N) is 5. The summed E-state index contributed by atoms with van der Waals surface area (Å²) in [7, 11) is 0. The lowest BCUT2D eigenvalue weighted by Gasteiger charge is -2.28. The number of imidazole rings is 1.